The van der Waals surface area contributed by atoms with E-state index in [1.54, 1.807) is 0 Å². The van der Waals surface area contributed by atoms with E-state index in [9.17, 15) is 9.59 Å². The molecule has 2 aliphatic rings. The van der Waals surface area contributed by atoms with Crippen molar-refractivity contribution in [3.8, 4) is 0 Å². The third kappa shape index (κ3) is 4.34. The summed E-state index contributed by atoms with van der Waals surface area (Å²) in [4.78, 5) is 24.4. The van der Waals surface area contributed by atoms with Crippen LogP contribution in [-0.4, -0.2) is 47.6 Å². The predicted molar refractivity (Wildman–Crippen MR) is 62.6 cm³/mol. The van der Waals surface area contributed by atoms with E-state index in [0.717, 1.165) is 38.8 Å². The summed E-state index contributed by atoms with van der Waals surface area (Å²) in [7, 11) is 0. The Morgan fingerprint density at radius 1 is 1.29 bits per heavy atom. The number of likely N-dealkylation sites (tertiary alicyclic amines) is 1. The summed E-state index contributed by atoms with van der Waals surface area (Å²) in [6.07, 6.45) is 4.39. The minimum absolute atomic E-state index is 0.0866. The van der Waals surface area contributed by atoms with E-state index in [1.807, 2.05) is 0 Å². The van der Waals surface area contributed by atoms with Crippen LogP contribution < -0.4 is 5.32 Å². The Morgan fingerprint density at radius 3 is 2.71 bits per heavy atom. The third-order valence-electron chi connectivity index (χ3n) is 3.38. The Hall–Kier alpha value is -1.10. The zero-order valence-corrected chi connectivity index (χ0v) is 10.0. The van der Waals surface area contributed by atoms with Crippen LogP contribution >= 0.6 is 0 Å². The van der Waals surface area contributed by atoms with E-state index in [-0.39, 0.29) is 18.2 Å². The van der Waals surface area contributed by atoms with Crippen LogP contribution in [0.1, 0.15) is 32.1 Å². The number of amides is 1. The lowest BCUT2D eigenvalue weighted by Crippen LogP contribution is -2.43. The zero-order valence-electron chi connectivity index (χ0n) is 10.0. The van der Waals surface area contributed by atoms with Crippen LogP contribution in [0.4, 0.5) is 0 Å². The number of piperidine rings is 1. The first-order valence-electron chi connectivity index (χ1n) is 6.37. The van der Waals surface area contributed by atoms with Crippen molar-refractivity contribution in [2.24, 2.45) is 5.92 Å². The van der Waals surface area contributed by atoms with Gasteiger partial charge in [-0.1, -0.05) is 0 Å². The summed E-state index contributed by atoms with van der Waals surface area (Å²) in [6, 6.07) is 0.405. The molecule has 0 aromatic heterocycles. The smallest absolute Gasteiger partial charge is 0.303 e. The van der Waals surface area contributed by atoms with Gasteiger partial charge >= 0.3 is 5.97 Å². The van der Waals surface area contributed by atoms with E-state index >= 15 is 0 Å². The third-order valence-corrected chi connectivity index (χ3v) is 3.38. The van der Waals surface area contributed by atoms with Crippen molar-refractivity contribution >= 4 is 11.9 Å². The molecule has 17 heavy (non-hydrogen) atoms. The molecule has 1 aliphatic carbocycles. The van der Waals surface area contributed by atoms with Crippen LogP contribution in [0, 0.1) is 5.92 Å². The molecule has 0 aromatic carbocycles. The average Bonchev–Trinajstić information content (AvgIpc) is 3.00. The first-order chi connectivity index (χ1) is 8.13. The number of hydrogen-bond donors (Lipinski definition) is 2. The van der Waals surface area contributed by atoms with Crippen molar-refractivity contribution in [3.63, 3.8) is 0 Å². The summed E-state index contributed by atoms with van der Waals surface area (Å²) in [6.45, 7) is 2.07. The van der Waals surface area contributed by atoms with Crippen molar-refractivity contribution in [2.75, 3.05) is 19.6 Å². The van der Waals surface area contributed by atoms with Crippen LogP contribution in [0.2, 0.25) is 0 Å². The molecule has 2 fully saturated rings. The van der Waals surface area contributed by atoms with Crippen LogP contribution in [0.3, 0.4) is 0 Å². The zero-order chi connectivity index (χ0) is 12.3. The second-order valence-corrected chi connectivity index (χ2v) is 5.18. The van der Waals surface area contributed by atoms with Gasteiger partial charge in [0.25, 0.3) is 0 Å². The van der Waals surface area contributed by atoms with E-state index in [4.69, 9.17) is 5.11 Å². The Bertz CT molecular complexity index is 302. The van der Waals surface area contributed by atoms with Crippen molar-refractivity contribution < 1.29 is 14.7 Å². The molecular formula is C12H20N2O3. The molecule has 5 nitrogen and oxygen atoms in total. The molecule has 1 amide bonds. The SMILES string of the molecule is O=C(O)CC1CCCN(CC(=O)NC2CC2)C1. The standard InChI is InChI=1S/C12H20N2O3/c15-11(13-10-3-4-10)8-14-5-1-2-9(7-14)6-12(16)17/h9-10H,1-8H2,(H,13,15)(H,16,17). The van der Waals surface area contributed by atoms with Gasteiger partial charge in [-0.05, 0) is 38.1 Å². The number of carbonyl (C=O) groups excluding carboxylic acids is 1. The molecule has 1 saturated carbocycles. The van der Waals surface area contributed by atoms with Crippen molar-refractivity contribution in [2.45, 2.75) is 38.1 Å². The van der Waals surface area contributed by atoms with E-state index < -0.39 is 5.97 Å². The summed E-state index contributed by atoms with van der Waals surface area (Å²) in [5.74, 6) is -0.447. The second kappa shape index (κ2) is 5.49. The monoisotopic (exact) mass is 240 g/mol. The molecule has 0 bridgehead atoms. The topological polar surface area (TPSA) is 69.6 Å². The highest BCUT2D eigenvalue weighted by Crippen LogP contribution is 2.20. The molecule has 1 atom stereocenters. The highest BCUT2D eigenvalue weighted by molar-refractivity contribution is 5.78. The van der Waals surface area contributed by atoms with Crippen molar-refractivity contribution in [1.82, 2.24) is 10.2 Å². The fourth-order valence-electron chi connectivity index (χ4n) is 2.41. The Kier molecular flexibility index (Phi) is 3.99. The fourth-order valence-corrected chi connectivity index (χ4v) is 2.41. The molecular weight excluding hydrogens is 220 g/mol. The van der Waals surface area contributed by atoms with Gasteiger partial charge < -0.3 is 10.4 Å². The molecule has 5 heteroatoms. The van der Waals surface area contributed by atoms with Gasteiger partial charge in [0.1, 0.15) is 0 Å². The molecule has 1 aliphatic heterocycles. The fraction of sp³-hybridized carbons (Fsp3) is 0.833. The van der Waals surface area contributed by atoms with Gasteiger partial charge in [0, 0.05) is 19.0 Å². The number of carboxylic acids is 1. The van der Waals surface area contributed by atoms with E-state index in [1.165, 1.54) is 0 Å². The molecule has 1 heterocycles. The highest BCUT2D eigenvalue weighted by atomic mass is 16.4. The highest BCUT2D eigenvalue weighted by Gasteiger charge is 2.26. The van der Waals surface area contributed by atoms with E-state index in [0.29, 0.717) is 12.6 Å². The van der Waals surface area contributed by atoms with Crippen LogP contribution in [0.5, 0.6) is 0 Å². The molecule has 96 valence electrons. The number of carboxylic acid groups (broad SMARTS) is 1. The van der Waals surface area contributed by atoms with Gasteiger partial charge in [0.05, 0.1) is 6.54 Å². The largest absolute Gasteiger partial charge is 0.481 e. The molecule has 0 radical (unpaired) electrons. The lowest BCUT2D eigenvalue weighted by Gasteiger charge is -2.31. The summed E-state index contributed by atoms with van der Waals surface area (Å²) in [5, 5.41) is 11.7. The van der Waals surface area contributed by atoms with Crippen LogP contribution in [0.25, 0.3) is 0 Å². The van der Waals surface area contributed by atoms with E-state index in [2.05, 4.69) is 10.2 Å². The summed E-state index contributed by atoms with van der Waals surface area (Å²) >= 11 is 0. The van der Waals surface area contributed by atoms with Crippen molar-refractivity contribution in [1.29, 1.82) is 0 Å². The molecule has 2 rings (SSSR count). The summed E-state index contributed by atoms with van der Waals surface area (Å²) in [5.41, 5.74) is 0. The van der Waals surface area contributed by atoms with Gasteiger partial charge in [0.15, 0.2) is 0 Å². The number of rotatable bonds is 5. The molecule has 1 unspecified atom stereocenters. The minimum atomic E-state index is -0.737. The number of nitrogens with zero attached hydrogens (tertiary/aromatic N) is 1. The van der Waals surface area contributed by atoms with Crippen molar-refractivity contribution in [3.05, 3.63) is 0 Å². The number of nitrogens with one attached hydrogen (secondary N) is 1. The minimum Gasteiger partial charge on any atom is -0.481 e. The first-order valence-corrected chi connectivity index (χ1v) is 6.37. The molecule has 0 aromatic rings. The first kappa shape index (κ1) is 12.4. The molecule has 2 N–H and O–H groups in total. The lowest BCUT2D eigenvalue weighted by atomic mass is 9.95. The van der Waals surface area contributed by atoms with Crippen LogP contribution in [-0.2, 0) is 9.59 Å². The summed E-state index contributed by atoms with van der Waals surface area (Å²) < 4.78 is 0. The van der Waals surface area contributed by atoms with Gasteiger partial charge in [-0.25, -0.2) is 0 Å². The second-order valence-electron chi connectivity index (χ2n) is 5.18. The van der Waals surface area contributed by atoms with Gasteiger partial charge in [0.2, 0.25) is 5.91 Å². The number of carbonyl (C=O) groups is 2. The maximum absolute atomic E-state index is 11.6. The normalized spacial score (nSPS) is 25.5. The predicted octanol–water partition coefficient (Wildman–Crippen LogP) is 0.452. The Labute approximate surface area is 101 Å². The number of aliphatic carboxylic acids is 1. The average molecular weight is 240 g/mol. The lowest BCUT2D eigenvalue weighted by molar-refractivity contribution is -0.138. The maximum atomic E-state index is 11.6. The quantitative estimate of drug-likeness (QED) is 0.732. The van der Waals surface area contributed by atoms with Crippen LogP contribution in [0.15, 0.2) is 0 Å². The Morgan fingerprint density at radius 2 is 2.06 bits per heavy atom. The molecule has 1 saturated heterocycles. The Balaban J connectivity index is 1.72. The van der Waals surface area contributed by atoms with Gasteiger partial charge in [-0.3, -0.25) is 14.5 Å². The van der Waals surface area contributed by atoms with Gasteiger partial charge in [-0.15, -0.1) is 0 Å². The molecule has 0 spiro atoms. The number of hydrogen-bond acceptors (Lipinski definition) is 3. The van der Waals surface area contributed by atoms with Gasteiger partial charge in [-0.2, -0.15) is 0 Å². The maximum Gasteiger partial charge on any atom is 0.303 e.